The van der Waals surface area contributed by atoms with Gasteiger partial charge in [-0.2, -0.15) is 0 Å². The van der Waals surface area contributed by atoms with Crippen LogP contribution in [0.4, 0.5) is 5.69 Å². The number of nitrogens with zero attached hydrogens (tertiary/aromatic N) is 3. The summed E-state index contributed by atoms with van der Waals surface area (Å²) in [4.78, 5) is 21.4. The molecular formula is C26H31N3O3S. The van der Waals surface area contributed by atoms with Gasteiger partial charge in [0.15, 0.2) is 9.84 Å². The molecule has 33 heavy (non-hydrogen) atoms. The molecule has 0 aliphatic carbocycles. The monoisotopic (exact) mass is 465 g/mol. The van der Waals surface area contributed by atoms with E-state index in [1.54, 1.807) is 24.1 Å². The van der Waals surface area contributed by atoms with Crippen molar-refractivity contribution in [2.24, 2.45) is 0 Å². The Labute approximate surface area is 196 Å². The van der Waals surface area contributed by atoms with Gasteiger partial charge in [0.25, 0.3) is 0 Å². The molecule has 0 bridgehead atoms. The van der Waals surface area contributed by atoms with Crippen LogP contribution in [0.15, 0.2) is 59.6 Å². The van der Waals surface area contributed by atoms with Crippen molar-refractivity contribution < 1.29 is 13.2 Å². The molecule has 1 saturated heterocycles. The van der Waals surface area contributed by atoms with Gasteiger partial charge in [0.05, 0.1) is 10.6 Å². The lowest BCUT2D eigenvalue weighted by Gasteiger charge is -2.38. The molecule has 1 aliphatic heterocycles. The standard InChI is InChI=1S/C26H31N3O3S/c1-19-4-5-22-18-25(7-6-21(22)16-19)33(31,32)15-11-26(30)28(3)23-9-13-29(14-10-23)24-8-12-27-20(2)17-24/h4-8,12,16-18,23H,9-11,13-15H2,1-3H3. The van der Waals surface area contributed by atoms with E-state index in [4.69, 9.17) is 0 Å². The predicted molar refractivity (Wildman–Crippen MR) is 132 cm³/mol. The summed E-state index contributed by atoms with van der Waals surface area (Å²) in [5, 5.41) is 1.90. The maximum atomic E-state index is 12.9. The van der Waals surface area contributed by atoms with Crippen LogP contribution in [-0.2, 0) is 14.6 Å². The van der Waals surface area contributed by atoms with E-state index < -0.39 is 9.84 Å². The number of hydrogen-bond acceptors (Lipinski definition) is 5. The molecule has 6 nitrogen and oxygen atoms in total. The van der Waals surface area contributed by atoms with E-state index in [-0.39, 0.29) is 29.0 Å². The van der Waals surface area contributed by atoms with Crippen LogP contribution in [0.2, 0.25) is 0 Å². The van der Waals surface area contributed by atoms with E-state index >= 15 is 0 Å². The lowest BCUT2D eigenvalue weighted by Crippen LogP contribution is -2.46. The highest BCUT2D eigenvalue weighted by molar-refractivity contribution is 7.91. The highest BCUT2D eigenvalue weighted by atomic mass is 32.2. The molecule has 1 amide bonds. The number of fused-ring (bicyclic) bond motifs is 1. The summed E-state index contributed by atoms with van der Waals surface area (Å²) in [6.45, 7) is 5.72. The summed E-state index contributed by atoms with van der Waals surface area (Å²) >= 11 is 0. The zero-order valence-electron chi connectivity index (χ0n) is 19.5. The Morgan fingerprint density at radius 1 is 1.03 bits per heavy atom. The fourth-order valence-electron chi connectivity index (χ4n) is 4.49. The third-order valence-electron chi connectivity index (χ3n) is 6.56. The first kappa shape index (κ1) is 23.2. The molecule has 0 N–H and O–H groups in total. The maximum Gasteiger partial charge on any atom is 0.223 e. The van der Waals surface area contributed by atoms with E-state index in [2.05, 4.69) is 16.0 Å². The van der Waals surface area contributed by atoms with Gasteiger partial charge >= 0.3 is 0 Å². The largest absolute Gasteiger partial charge is 0.371 e. The van der Waals surface area contributed by atoms with Gasteiger partial charge in [0.2, 0.25) is 5.91 Å². The number of amides is 1. The van der Waals surface area contributed by atoms with Crippen LogP contribution in [0.25, 0.3) is 10.8 Å². The van der Waals surface area contributed by atoms with Crippen LogP contribution >= 0.6 is 0 Å². The average Bonchev–Trinajstić information content (AvgIpc) is 2.82. The van der Waals surface area contributed by atoms with E-state index in [1.165, 1.54) is 0 Å². The number of aryl methyl sites for hydroxylation is 2. The van der Waals surface area contributed by atoms with Crippen LogP contribution in [0.5, 0.6) is 0 Å². The Hall–Kier alpha value is -2.93. The molecule has 174 valence electrons. The Morgan fingerprint density at radius 2 is 1.73 bits per heavy atom. The summed E-state index contributed by atoms with van der Waals surface area (Å²) in [6.07, 6.45) is 3.54. The number of carbonyl (C=O) groups excluding carboxylic acids is 1. The molecule has 0 unspecified atom stereocenters. The number of piperidine rings is 1. The van der Waals surface area contributed by atoms with Crippen molar-refractivity contribution in [1.82, 2.24) is 9.88 Å². The van der Waals surface area contributed by atoms with Crippen molar-refractivity contribution in [2.45, 2.75) is 44.0 Å². The SMILES string of the molecule is Cc1ccc2cc(S(=O)(=O)CCC(=O)N(C)C3CCN(c4ccnc(C)c4)CC3)ccc2c1. The third-order valence-corrected chi connectivity index (χ3v) is 8.28. The Morgan fingerprint density at radius 3 is 2.45 bits per heavy atom. The van der Waals surface area contributed by atoms with E-state index in [0.29, 0.717) is 0 Å². The summed E-state index contributed by atoms with van der Waals surface area (Å²) in [5.74, 6) is -0.295. The predicted octanol–water partition coefficient (Wildman–Crippen LogP) is 4.14. The average molecular weight is 466 g/mol. The van der Waals surface area contributed by atoms with Crippen molar-refractivity contribution in [3.05, 3.63) is 66.0 Å². The summed E-state index contributed by atoms with van der Waals surface area (Å²) in [5.41, 5.74) is 3.28. The van der Waals surface area contributed by atoms with Gasteiger partial charge in [0.1, 0.15) is 0 Å². The van der Waals surface area contributed by atoms with Crippen LogP contribution in [-0.4, -0.2) is 56.1 Å². The highest BCUT2D eigenvalue weighted by Crippen LogP contribution is 2.24. The van der Waals surface area contributed by atoms with Crippen molar-refractivity contribution in [1.29, 1.82) is 0 Å². The molecule has 1 fully saturated rings. The maximum absolute atomic E-state index is 12.9. The first-order valence-corrected chi connectivity index (χ1v) is 13.0. The van der Waals surface area contributed by atoms with Crippen LogP contribution in [0, 0.1) is 13.8 Å². The molecule has 2 heterocycles. The molecule has 2 aromatic carbocycles. The van der Waals surface area contributed by atoms with Gasteiger partial charge in [-0.05, 0) is 61.7 Å². The van der Waals surface area contributed by atoms with Gasteiger partial charge in [-0.1, -0.05) is 29.8 Å². The quantitative estimate of drug-likeness (QED) is 0.547. The number of sulfone groups is 1. The number of pyridine rings is 1. The number of rotatable bonds is 6. The third kappa shape index (κ3) is 5.36. The van der Waals surface area contributed by atoms with Gasteiger partial charge in [-0.25, -0.2) is 8.42 Å². The smallest absolute Gasteiger partial charge is 0.223 e. The molecule has 1 aliphatic rings. The van der Waals surface area contributed by atoms with Gasteiger partial charge in [-0.3, -0.25) is 9.78 Å². The second-order valence-corrected chi connectivity index (χ2v) is 11.1. The van der Waals surface area contributed by atoms with Gasteiger partial charge < -0.3 is 9.80 Å². The molecule has 0 saturated carbocycles. The number of benzene rings is 2. The molecular weight excluding hydrogens is 434 g/mol. The fraction of sp³-hybridized carbons (Fsp3) is 0.385. The molecule has 3 aromatic rings. The van der Waals surface area contributed by atoms with Crippen LogP contribution in [0.1, 0.15) is 30.5 Å². The lowest BCUT2D eigenvalue weighted by molar-refractivity contribution is -0.131. The van der Waals surface area contributed by atoms with Gasteiger partial charge in [0, 0.05) is 50.2 Å². The molecule has 0 radical (unpaired) electrons. The normalized spacial score (nSPS) is 15.1. The number of anilines is 1. The molecule has 0 atom stereocenters. The molecule has 7 heteroatoms. The Bertz CT molecular complexity index is 1260. The summed E-state index contributed by atoms with van der Waals surface area (Å²) < 4.78 is 25.8. The van der Waals surface area contributed by atoms with Crippen molar-refractivity contribution in [3.8, 4) is 0 Å². The van der Waals surface area contributed by atoms with Crippen molar-refractivity contribution >= 4 is 32.2 Å². The van der Waals surface area contributed by atoms with Crippen LogP contribution in [0.3, 0.4) is 0 Å². The lowest BCUT2D eigenvalue weighted by atomic mass is 10.0. The number of hydrogen-bond donors (Lipinski definition) is 0. The second kappa shape index (κ2) is 9.51. The van der Waals surface area contributed by atoms with E-state index in [0.717, 1.165) is 53.6 Å². The number of aromatic nitrogens is 1. The van der Waals surface area contributed by atoms with E-state index in [9.17, 15) is 13.2 Å². The van der Waals surface area contributed by atoms with Crippen molar-refractivity contribution in [3.63, 3.8) is 0 Å². The van der Waals surface area contributed by atoms with Crippen LogP contribution < -0.4 is 4.90 Å². The summed E-state index contributed by atoms with van der Waals surface area (Å²) in [7, 11) is -1.74. The minimum absolute atomic E-state index is 0.00542. The molecule has 1 aromatic heterocycles. The van der Waals surface area contributed by atoms with Gasteiger partial charge in [-0.15, -0.1) is 0 Å². The fourth-order valence-corrected chi connectivity index (χ4v) is 5.76. The first-order chi connectivity index (χ1) is 15.7. The summed E-state index contributed by atoms with van der Waals surface area (Å²) in [6, 6.07) is 15.3. The number of carbonyl (C=O) groups is 1. The minimum Gasteiger partial charge on any atom is -0.371 e. The second-order valence-electron chi connectivity index (χ2n) is 8.96. The van der Waals surface area contributed by atoms with Crippen molar-refractivity contribution in [2.75, 3.05) is 30.8 Å². The topological polar surface area (TPSA) is 70.6 Å². The van der Waals surface area contributed by atoms with E-state index in [1.807, 2.05) is 50.4 Å². The minimum atomic E-state index is -3.53. The Kier molecular flexibility index (Phi) is 6.70. The first-order valence-electron chi connectivity index (χ1n) is 11.4. The Balaban J connectivity index is 1.34. The molecule has 4 rings (SSSR count). The zero-order valence-corrected chi connectivity index (χ0v) is 20.3. The zero-order chi connectivity index (χ0) is 23.6. The highest BCUT2D eigenvalue weighted by Gasteiger charge is 2.27. The molecule has 0 spiro atoms.